The second-order valence-corrected chi connectivity index (χ2v) is 7.35. The zero-order valence-corrected chi connectivity index (χ0v) is 15.2. The van der Waals surface area contributed by atoms with Crippen molar-refractivity contribution in [2.24, 2.45) is 10.9 Å². The van der Waals surface area contributed by atoms with Crippen molar-refractivity contribution < 1.29 is 0 Å². The predicted molar refractivity (Wildman–Crippen MR) is 96.9 cm³/mol. The lowest BCUT2D eigenvalue weighted by Gasteiger charge is -2.37. The number of hydrogen-bond acceptors (Lipinski definition) is 3. The standard InChI is InChI=1S/C17H30N4S/c1-14(2)12-20-6-8-21(9-7-20)17(18-4)19-11-15(3)16-5-10-22-13-16/h5,10,13-15H,6-9,11-12H2,1-4H3,(H,18,19). The monoisotopic (exact) mass is 322 g/mol. The molecule has 1 unspecified atom stereocenters. The van der Waals surface area contributed by atoms with Crippen molar-refractivity contribution in [3.05, 3.63) is 22.4 Å². The lowest BCUT2D eigenvalue weighted by molar-refractivity contribution is 0.164. The molecule has 1 N–H and O–H groups in total. The molecule has 0 aliphatic carbocycles. The first-order valence-electron chi connectivity index (χ1n) is 8.30. The predicted octanol–water partition coefficient (Wildman–Crippen LogP) is 2.70. The van der Waals surface area contributed by atoms with Gasteiger partial charge in [-0.2, -0.15) is 11.3 Å². The zero-order valence-electron chi connectivity index (χ0n) is 14.4. The highest BCUT2D eigenvalue weighted by Crippen LogP contribution is 2.17. The van der Waals surface area contributed by atoms with Crippen LogP contribution < -0.4 is 5.32 Å². The van der Waals surface area contributed by atoms with Gasteiger partial charge in [0.25, 0.3) is 0 Å². The van der Waals surface area contributed by atoms with E-state index in [9.17, 15) is 0 Å². The number of nitrogens with one attached hydrogen (secondary N) is 1. The molecule has 2 heterocycles. The SMILES string of the molecule is CN=C(NCC(C)c1ccsc1)N1CCN(CC(C)C)CC1. The topological polar surface area (TPSA) is 30.9 Å². The number of thiophene rings is 1. The van der Waals surface area contributed by atoms with Gasteiger partial charge in [0, 0.05) is 46.3 Å². The maximum absolute atomic E-state index is 4.47. The third kappa shape index (κ3) is 4.99. The van der Waals surface area contributed by atoms with E-state index in [1.165, 1.54) is 12.1 Å². The molecule has 0 radical (unpaired) electrons. The Balaban J connectivity index is 1.78. The molecule has 0 bridgehead atoms. The molecule has 4 nitrogen and oxygen atoms in total. The maximum atomic E-state index is 4.47. The van der Waals surface area contributed by atoms with E-state index in [-0.39, 0.29) is 0 Å². The second kappa shape index (κ2) is 8.53. The second-order valence-electron chi connectivity index (χ2n) is 6.57. The quantitative estimate of drug-likeness (QED) is 0.668. The minimum atomic E-state index is 0.519. The van der Waals surface area contributed by atoms with E-state index in [1.807, 2.05) is 7.05 Å². The lowest BCUT2D eigenvalue weighted by Crippen LogP contribution is -2.53. The molecule has 22 heavy (non-hydrogen) atoms. The van der Waals surface area contributed by atoms with Crippen molar-refractivity contribution >= 4 is 17.3 Å². The molecule has 0 amide bonds. The zero-order chi connectivity index (χ0) is 15.9. The third-order valence-electron chi connectivity index (χ3n) is 4.19. The van der Waals surface area contributed by atoms with Gasteiger partial charge in [-0.05, 0) is 34.2 Å². The van der Waals surface area contributed by atoms with E-state index in [1.54, 1.807) is 11.3 Å². The van der Waals surface area contributed by atoms with Gasteiger partial charge in [-0.25, -0.2) is 0 Å². The Hall–Kier alpha value is -1.07. The lowest BCUT2D eigenvalue weighted by atomic mass is 10.1. The number of guanidine groups is 1. The van der Waals surface area contributed by atoms with Crippen molar-refractivity contribution in [1.82, 2.24) is 15.1 Å². The van der Waals surface area contributed by atoms with Crippen LogP contribution in [0.1, 0.15) is 32.3 Å². The van der Waals surface area contributed by atoms with Gasteiger partial charge in [0.1, 0.15) is 0 Å². The van der Waals surface area contributed by atoms with E-state index in [2.05, 4.69) is 57.7 Å². The summed E-state index contributed by atoms with van der Waals surface area (Å²) in [6.07, 6.45) is 0. The summed E-state index contributed by atoms with van der Waals surface area (Å²) in [7, 11) is 1.89. The fourth-order valence-electron chi connectivity index (χ4n) is 2.91. The number of hydrogen-bond donors (Lipinski definition) is 1. The van der Waals surface area contributed by atoms with Crippen LogP contribution in [0, 0.1) is 5.92 Å². The van der Waals surface area contributed by atoms with Crippen molar-refractivity contribution in [3.8, 4) is 0 Å². The Morgan fingerprint density at radius 2 is 2.00 bits per heavy atom. The minimum absolute atomic E-state index is 0.519. The molecule has 1 saturated heterocycles. The normalized spacial score (nSPS) is 18.8. The maximum Gasteiger partial charge on any atom is 0.193 e. The summed E-state index contributed by atoms with van der Waals surface area (Å²) >= 11 is 1.77. The van der Waals surface area contributed by atoms with Gasteiger partial charge in [-0.15, -0.1) is 0 Å². The van der Waals surface area contributed by atoms with Gasteiger partial charge >= 0.3 is 0 Å². The van der Waals surface area contributed by atoms with E-state index in [4.69, 9.17) is 0 Å². The van der Waals surface area contributed by atoms with Crippen LogP contribution in [0.15, 0.2) is 21.8 Å². The van der Waals surface area contributed by atoms with Crippen LogP contribution in [0.5, 0.6) is 0 Å². The average molecular weight is 323 g/mol. The van der Waals surface area contributed by atoms with Gasteiger partial charge in [-0.1, -0.05) is 20.8 Å². The van der Waals surface area contributed by atoms with Crippen LogP contribution in [0.25, 0.3) is 0 Å². The Bertz CT molecular complexity index is 447. The molecule has 2 rings (SSSR count). The van der Waals surface area contributed by atoms with Crippen molar-refractivity contribution in [1.29, 1.82) is 0 Å². The summed E-state index contributed by atoms with van der Waals surface area (Å²) in [5, 5.41) is 7.93. The molecular formula is C17H30N4S. The highest BCUT2D eigenvalue weighted by atomic mass is 32.1. The van der Waals surface area contributed by atoms with Gasteiger partial charge in [-0.3, -0.25) is 9.89 Å². The average Bonchev–Trinajstić information content (AvgIpc) is 3.03. The Morgan fingerprint density at radius 3 is 2.55 bits per heavy atom. The first-order valence-corrected chi connectivity index (χ1v) is 9.24. The van der Waals surface area contributed by atoms with Crippen molar-refractivity contribution in [2.45, 2.75) is 26.7 Å². The molecule has 1 aromatic heterocycles. The Morgan fingerprint density at radius 1 is 1.27 bits per heavy atom. The summed E-state index contributed by atoms with van der Waals surface area (Å²) in [4.78, 5) is 9.41. The number of piperazine rings is 1. The largest absolute Gasteiger partial charge is 0.356 e. The highest BCUT2D eigenvalue weighted by molar-refractivity contribution is 7.07. The number of aliphatic imine (C=N–C) groups is 1. The summed E-state index contributed by atoms with van der Waals surface area (Å²) in [6, 6.07) is 2.21. The molecule has 1 aliphatic heterocycles. The van der Waals surface area contributed by atoms with Crippen LogP contribution in [0.3, 0.4) is 0 Å². The van der Waals surface area contributed by atoms with Crippen LogP contribution in [-0.4, -0.2) is 62.1 Å². The van der Waals surface area contributed by atoms with Gasteiger partial charge in [0.2, 0.25) is 0 Å². The van der Waals surface area contributed by atoms with Crippen LogP contribution in [-0.2, 0) is 0 Å². The van der Waals surface area contributed by atoms with E-state index >= 15 is 0 Å². The molecule has 1 aliphatic rings. The molecule has 124 valence electrons. The minimum Gasteiger partial charge on any atom is -0.356 e. The van der Waals surface area contributed by atoms with Gasteiger partial charge in [0.05, 0.1) is 0 Å². The van der Waals surface area contributed by atoms with Crippen LogP contribution >= 0.6 is 11.3 Å². The molecule has 1 aromatic rings. The molecule has 0 spiro atoms. The van der Waals surface area contributed by atoms with E-state index in [0.717, 1.165) is 44.6 Å². The van der Waals surface area contributed by atoms with Gasteiger partial charge in [0.15, 0.2) is 5.96 Å². The Labute approximate surface area is 139 Å². The summed E-state index contributed by atoms with van der Waals surface area (Å²) < 4.78 is 0. The van der Waals surface area contributed by atoms with Crippen LogP contribution in [0.2, 0.25) is 0 Å². The molecular weight excluding hydrogens is 292 g/mol. The molecule has 5 heteroatoms. The number of rotatable bonds is 5. The molecule has 0 aromatic carbocycles. The molecule has 0 saturated carbocycles. The van der Waals surface area contributed by atoms with E-state index in [0.29, 0.717) is 5.92 Å². The first-order chi connectivity index (χ1) is 10.6. The molecule has 1 atom stereocenters. The number of nitrogens with zero attached hydrogens (tertiary/aromatic N) is 3. The fraction of sp³-hybridized carbons (Fsp3) is 0.706. The first kappa shape index (κ1) is 17.3. The summed E-state index contributed by atoms with van der Waals surface area (Å²) in [5.41, 5.74) is 1.41. The summed E-state index contributed by atoms with van der Waals surface area (Å²) in [6.45, 7) is 13.4. The van der Waals surface area contributed by atoms with Crippen molar-refractivity contribution in [2.75, 3.05) is 46.3 Å². The third-order valence-corrected chi connectivity index (χ3v) is 4.89. The summed E-state index contributed by atoms with van der Waals surface area (Å²) in [5.74, 6) is 2.31. The van der Waals surface area contributed by atoms with Crippen molar-refractivity contribution in [3.63, 3.8) is 0 Å². The highest BCUT2D eigenvalue weighted by Gasteiger charge is 2.20. The van der Waals surface area contributed by atoms with Crippen LogP contribution in [0.4, 0.5) is 0 Å². The smallest absolute Gasteiger partial charge is 0.193 e. The van der Waals surface area contributed by atoms with E-state index < -0.39 is 0 Å². The van der Waals surface area contributed by atoms with Gasteiger partial charge < -0.3 is 10.2 Å². The molecule has 1 fully saturated rings. The Kier molecular flexibility index (Phi) is 6.70. The fourth-order valence-corrected chi connectivity index (χ4v) is 3.69.